The largest absolute Gasteiger partial charge is 0.504 e. The van der Waals surface area contributed by atoms with Crippen molar-refractivity contribution in [2.45, 2.75) is 6.54 Å². The zero-order chi connectivity index (χ0) is 18.6. The van der Waals surface area contributed by atoms with Gasteiger partial charge < -0.3 is 25.7 Å². The number of phenols is 4. The predicted octanol–water partition coefficient (Wildman–Crippen LogP) is 3.30. The lowest BCUT2D eigenvalue weighted by Gasteiger charge is -2.09. The van der Waals surface area contributed by atoms with E-state index in [2.05, 4.69) is 21.2 Å². The highest BCUT2D eigenvalue weighted by Gasteiger charge is 2.09. The first kappa shape index (κ1) is 18.6. The molecule has 0 aliphatic rings. The third-order valence-corrected chi connectivity index (χ3v) is 4.20. The van der Waals surface area contributed by atoms with Gasteiger partial charge in [-0.3, -0.25) is 0 Å². The summed E-state index contributed by atoms with van der Waals surface area (Å²) >= 11 is 8.29. The number of hydrogen-bond acceptors (Lipinski definition) is 6. The number of rotatable bonds is 4. The van der Waals surface area contributed by atoms with Crippen LogP contribution in [0.15, 0.2) is 40.4 Å². The number of thiocarbonyl (C=S) groups is 1. The van der Waals surface area contributed by atoms with E-state index in [1.54, 1.807) is 6.07 Å². The van der Waals surface area contributed by atoms with Crippen LogP contribution in [0.3, 0.4) is 0 Å². The van der Waals surface area contributed by atoms with Gasteiger partial charge in [0, 0.05) is 6.54 Å². The van der Waals surface area contributed by atoms with Crippen molar-refractivity contribution in [3.8, 4) is 29.1 Å². The number of halogens is 1. The molecule has 0 amide bonds. The first-order valence-electron chi connectivity index (χ1n) is 6.94. The molecule has 0 aliphatic heterocycles. The first-order valence-corrected chi connectivity index (χ1v) is 8.14. The molecule has 0 saturated carbocycles. The summed E-state index contributed by atoms with van der Waals surface area (Å²) in [6.45, 7) is 0.246. The van der Waals surface area contributed by atoms with Gasteiger partial charge in [0.15, 0.2) is 23.0 Å². The zero-order valence-electron chi connectivity index (χ0n) is 12.7. The lowest BCUT2D eigenvalue weighted by molar-refractivity contribution is 0.401. The molecule has 25 heavy (non-hydrogen) atoms. The standard InChI is InChI=1S/C17H13BrN2O4S/c18-12-4-10(6-15(23)16(12)24)3-11(7-19)17(25)20-8-9-1-2-13(21)14(22)5-9/h1-6,21-24H,8H2,(H,20,25). The lowest BCUT2D eigenvalue weighted by atomic mass is 10.1. The summed E-state index contributed by atoms with van der Waals surface area (Å²) in [4.78, 5) is 0.179. The Balaban J connectivity index is 2.15. The lowest BCUT2D eigenvalue weighted by Crippen LogP contribution is -2.22. The topological polar surface area (TPSA) is 117 Å². The minimum Gasteiger partial charge on any atom is -0.504 e. The van der Waals surface area contributed by atoms with E-state index < -0.39 is 0 Å². The summed E-state index contributed by atoms with van der Waals surface area (Å²) in [6, 6.07) is 9.15. The Morgan fingerprint density at radius 3 is 2.44 bits per heavy atom. The Morgan fingerprint density at radius 1 is 1.12 bits per heavy atom. The molecule has 0 unspecified atom stereocenters. The van der Waals surface area contributed by atoms with Crippen molar-refractivity contribution in [2.75, 3.05) is 0 Å². The van der Waals surface area contributed by atoms with Gasteiger partial charge >= 0.3 is 0 Å². The molecular weight excluding hydrogens is 408 g/mol. The van der Waals surface area contributed by atoms with Crippen LogP contribution in [0.4, 0.5) is 0 Å². The van der Waals surface area contributed by atoms with Gasteiger partial charge in [0.25, 0.3) is 0 Å². The van der Waals surface area contributed by atoms with Crippen molar-refractivity contribution < 1.29 is 20.4 Å². The highest BCUT2D eigenvalue weighted by Crippen LogP contribution is 2.35. The first-order chi connectivity index (χ1) is 11.8. The number of nitrogens with one attached hydrogen (secondary N) is 1. The van der Waals surface area contributed by atoms with Gasteiger partial charge in [-0.05, 0) is 57.4 Å². The minimum absolute atomic E-state index is 0.162. The minimum atomic E-state index is -0.323. The molecule has 2 rings (SSSR count). The van der Waals surface area contributed by atoms with E-state index in [0.717, 1.165) is 0 Å². The number of nitriles is 1. The number of aromatic hydroxyl groups is 4. The quantitative estimate of drug-likeness (QED) is 0.223. The molecule has 5 N–H and O–H groups in total. The van der Waals surface area contributed by atoms with Crippen molar-refractivity contribution in [2.24, 2.45) is 0 Å². The van der Waals surface area contributed by atoms with E-state index >= 15 is 0 Å². The van der Waals surface area contributed by atoms with E-state index in [9.17, 15) is 25.7 Å². The summed E-state index contributed by atoms with van der Waals surface area (Å²) in [6.07, 6.45) is 1.47. The normalized spacial score (nSPS) is 11.0. The maximum absolute atomic E-state index is 9.62. The molecule has 2 aromatic rings. The molecule has 0 aromatic heterocycles. The molecule has 2 aromatic carbocycles. The van der Waals surface area contributed by atoms with Gasteiger partial charge in [-0.1, -0.05) is 18.3 Å². The average Bonchev–Trinajstić information content (AvgIpc) is 2.58. The van der Waals surface area contributed by atoms with Gasteiger partial charge in [0.1, 0.15) is 11.1 Å². The fourth-order valence-corrected chi connectivity index (χ4v) is 2.60. The predicted molar refractivity (Wildman–Crippen MR) is 100 cm³/mol. The average molecular weight is 421 g/mol. The molecule has 0 atom stereocenters. The van der Waals surface area contributed by atoms with Crippen molar-refractivity contribution in [3.05, 3.63) is 51.5 Å². The number of benzene rings is 2. The van der Waals surface area contributed by atoms with E-state index in [-0.39, 0.29) is 44.6 Å². The number of hydrogen-bond donors (Lipinski definition) is 5. The van der Waals surface area contributed by atoms with Crippen LogP contribution in [0.1, 0.15) is 11.1 Å². The Hall–Kier alpha value is -2.76. The molecule has 0 radical (unpaired) electrons. The highest BCUT2D eigenvalue weighted by atomic mass is 79.9. The molecule has 0 saturated heterocycles. The summed E-state index contributed by atoms with van der Waals surface area (Å²) < 4.78 is 0.287. The molecule has 0 bridgehead atoms. The second-order valence-electron chi connectivity index (χ2n) is 5.05. The van der Waals surface area contributed by atoms with Crippen LogP contribution in [0.2, 0.25) is 0 Å². The molecule has 0 aliphatic carbocycles. The Bertz CT molecular complexity index is 883. The van der Waals surface area contributed by atoms with Crippen LogP contribution >= 0.6 is 28.1 Å². The molecular formula is C17H13BrN2O4S. The highest BCUT2D eigenvalue weighted by molar-refractivity contribution is 9.10. The smallest absolute Gasteiger partial charge is 0.171 e. The van der Waals surface area contributed by atoms with Crippen LogP contribution in [0.5, 0.6) is 23.0 Å². The van der Waals surface area contributed by atoms with Gasteiger partial charge in [-0.15, -0.1) is 0 Å². The summed E-state index contributed by atoms with van der Waals surface area (Å²) in [5, 5.41) is 50.1. The Kier molecular flexibility index (Phi) is 5.85. The van der Waals surface area contributed by atoms with Gasteiger partial charge in [0.05, 0.1) is 10.0 Å². The fourth-order valence-electron chi connectivity index (χ4n) is 1.96. The van der Waals surface area contributed by atoms with Crippen LogP contribution in [0.25, 0.3) is 6.08 Å². The summed E-state index contributed by atoms with van der Waals surface area (Å²) in [7, 11) is 0. The molecule has 0 fully saturated rings. The van der Waals surface area contributed by atoms with E-state index in [1.165, 1.54) is 30.3 Å². The van der Waals surface area contributed by atoms with E-state index in [1.807, 2.05) is 6.07 Å². The Morgan fingerprint density at radius 2 is 1.84 bits per heavy atom. The number of nitrogens with zero attached hydrogens (tertiary/aromatic N) is 1. The molecule has 0 heterocycles. The second kappa shape index (κ2) is 7.88. The van der Waals surface area contributed by atoms with Gasteiger partial charge in [-0.25, -0.2) is 0 Å². The number of phenolic OH excluding ortho intramolecular Hbond substituents is 4. The van der Waals surface area contributed by atoms with Crippen molar-refractivity contribution in [1.82, 2.24) is 5.32 Å². The van der Waals surface area contributed by atoms with Crippen molar-refractivity contribution in [3.63, 3.8) is 0 Å². The fraction of sp³-hybridized carbons (Fsp3) is 0.0588. The van der Waals surface area contributed by atoms with Crippen LogP contribution in [-0.2, 0) is 6.54 Å². The SMILES string of the molecule is N#CC(=Cc1cc(O)c(O)c(Br)c1)C(=S)NCc1ccc(O)c(O)c1. The third kappa shape index (κ3) is 4.62. The summed E-state index contributed by atoms with van der Waals surface area (Å²) in [5.74, 6) is -1.08. The molecule has 128 valence electrons. The summed E-state index contributed by atoms with van der Waals surface area (Å²) in [5.41, 5.74) is 1.31. The van der Waals surface area contributed by atoms with E-state index in [4.69, 9.17) is 12.2 Å². The Labute approximate surface area is 157 Å². The molecule has 0 spiro atoms. The molecule has 8 heteroatoms. The van der Waals surface area contributed by atoms with Crippen molar-refractivity contribution in [1.29, 1.82) is 5.26 Å². The maximum atomic E-state index is 9.62. The van der Waals surface area contributed by atoms with E-state index in [0.29, 0.717) is 11.1 Å². The second-order valence-corrected chi connectivity index (χ2v) is 6.31. The monoisotopic (exact) mass is 420 g/mol. The maximum Gasteiger partial charge on any atom is 0.171 e. The van der Waals surface area contributed by atoms with Crippen molar-refractivity contribution >= 4 is 39.2 Å². The van der Waals surface area contributed by atoms with Gasteiger partial charge in [0.2, 0.25) is 0 Å². The van der Waals surface area contributed by atoms with Crippen LogP contribution < -0.4 is 5.32 Å². The van der Waals surface area contributed by atoms with Crippen LogP contribution in [0, 0.1) is 11.3 Å². The third-order valence-electron chi connectivity index (χ3n) is 3.23. The molecule has 6 nitrogen and oxygen atoms in total. The van der Waals surface area contributed by atoms with Crippen LogP contribution in [-0.4, -0.2) is 25.4 Å². The van der Waals surface area contributed by atoms with Gasteiger partial charge in [-0.2, -0.15) is 5.26 Å². The zero-order valence-corrected chi connectivity index (χ0v) is 15.1.